The van der Waals surface area contributed by atoms with Crippen molar-refractivity contribution in [2.45, 2.75) is 50.6 Å². The number of nitrogens with zero attached hydrogens (tertiary/aromatic N) is 2. The van der Waals surface area contributed by atoms with Crippen LogP contribution in [0.25, 0.3) is 10.9 Å². The van der Waals surface area contributed by atoms with Crippen LogP contribution in [0.1, 0.15) is 49.0 Å². The van der Waals surface area contributed by atoms with E-state index in [-0.39, 0.29) is 29.2 Å². The third-order valence-electron chi connectivity index (χ3n) is 7.80. The number of benzene rings is 1. The van der Waals surface area contributed by atoms with Crippen molar-refractivity contribution in [1.82, 2.24) is 20.5 Å². The number of aromatic amines is 1. The number of aromatic nitrogens is 1. The van der Waals surface area contributed by atoms with Crippen molar-refractivity contribution < 1.29 is 14.3 Å². The molecule has 0 bridgehead atoms. The first kappa shape index (κ1) is 21.8. The molecule has 174 valence electrons. The summed E-state index contributed by atoms with van der Waals surface area (Å²) in [5, 5.41) is 16.7. The first-order valence-corrected chi connectivity index (χ1v) is 11.9. The molecule has 1 unspecified atom stereocenters. The van der Waals surface area contributed by atoms with Crippen LogP contribution < -0.4 is 15.4 Å². The number of ether oxygens (including phenoxy) is 1. The number of H-pyrrole nitrogens is 1. The molecule has 2 saturated heterocycles. The molecule has 2 aliphatic heterocycles. The predicted molar refractivity (Wildman–Crippen MR) is 124 cm³/mol. The summed E-state index contributed by atoms with van der Waals surface area (Å²) < 4.78 is 5.45. The van der Waals surface area contributed by atoms with Crippen molar-refractivity contribution in [1.29, 1.82) is 5.26 Å². The van der Waals surface area contributed by atoms with E-state index in [1.165, 1.54) is 6.42 Å². The summed E-state index contributed by atoms with van der Waals surface area (Å²) >= 11 is 0. The fourth-order valence-electron chi connectivity index (χ4n) is 5.81. The second-order valence-corrected chi connectivity index (χ2v) is 9.85. The quantitative estimate of drug-likeness (QED) is 0.602. The smallest absolute Gasteiger partial charge is 0.270 e. The predicted octanol–water partition coefficient (Wildman–Crippen LogP) is 2.57. The molecule has 0 radical (unpaired) electrons. The Bertz CT molecular complexity index is 1100. The summed E-state index contributed by atoms with van der Waals surface area (Å²) in [6.45, 7) is 2.00. The minimum atomic E-state index is -0.397. The van der Waals surface area contributed by atoms with E-state index in [0.717, 1.165) is 48.9 Å². The molecular formula is C25H31N5O3. The van der Waals surface area contributed by atoms with Gasteiger partial charge in [0.1, 0.15) is 11.4 Å². The molecule has 3 N–H and O–H groups in total. The molecule has 1 spiro atoms. The zero-order chi connectivity index (χ0) is 23.0. The summed E-state index contributed by atoms with van der Waals surface area (Å²) in [5.74, 6) is 0.665. The summed E-state index contributed by atoms with van der Waals surface area (Å²) in [6, 6.07) is 9.57. The van der Waals surface area contributed by atoms with E-state index in [1.807, 2.05) is 29.2 Å². The highest BCUT2D eigenvalue weighted by Gasteiger charge is 2.49. The summed E-state index contributed by atoms with van der Waals surface area (Å²) in [4.78, 5) is 30.8. The normalized spacial score (nSPS) is 24.5. The van der Waals surface area contributed by atoms with Crippen molar-refractivity contribution in [3.8, 4) is 11.8 Å². The lowest BCUT2D eigenvalue weighted by atomic mass is 9.67. The number of nitriles is 1. The third-order valence-corrected chi connectivity index (χ3v) is 7.80. The average molecular weight is 450 g/mol. The van der Waals surface area contributed by atoms with Crippen molar-refractivity contribution >= 4 is 22.7 Å². The third kappa shape index (κ3) is 4.06. The number of carbonyl (C=O) groups is 2. The summed E-state index contributed by atoms with van der Waals surface area (Å²) in [6.07, 6.45) is 5.76. The van der Waals surface area contributed by atoms with Crippen molar-refractivity contribution in [3.05, 3.63) is 30.0 Å². The van der Waals surface area contributed by atoms with Crippen LogP contribution in [-0.4, -0.2) is 60.5 Å². The van der Waals surface area contributed by atoms with E-state index in [1.54, 1.807) is 7.11 Å². The fourth-order valence-corrected chi connectivity index (χ4v) is 5.81. The van der Waals surface area contributed by atoms with Gasteiger partial charge in [0, 0.05) is 42.5 Å². The van der Waals surface area contributed by atoms with Gasteiger partial charge < -0.3 is 19.9 Å². The van der Waals surface area contributed by atoms with Crippen LogP contribution in [-0.2, 0) is 4.79 Å². The minimum absolute atomic E-state index is 0.00694. The van der Waals surface area contributed by atoms with Gasteiger partial charge in [-0.25, -0.2) is 0 Å². The number of hydrogen-bond donors (Lipinski definition) is 3. The topological polar surface area (TPSA) is 110 Å². The van der Waals surface area contributed by atoms with E-state index in [0.29, 0.717) is 25.2 Å². The SMILES string of the molecule is COc1cccc2[nH]c(C(=O)N3CC4(CCC4)CC3CN[C@H](C#N)C[C@@H]3CCNC3=O)cc12. The first-order valence-electron chi connectivity index (χ1n) is 11.9. The van der Waals surface area contributed by atoms with Gasteiger partial charge in [0.25, 0.3) is 5.91 Å². The van der Waals surface area contributed by atoms with Crippen molar-refractivity contribution in [2.75, 3.05) is 26.7 Å². The largest absolute Gasteiger partial charge is 0.496 e. The lowest BCUT2D eigenvalue weighted by Gasteiger charge is -2.37. The maximum atomic E-state index is 13.6. The second kappa shape index (κ2) is 8.71. The molecule has 5 rings (SSSR count). The fraction of sp³-hybridized carbons (Fsp3) is 0.560. The molecular weight excluding hydrogens is 418 g/mol. The van der Waals surface area contributed by atoms with Gasteiger partial charge in [-0.05, 0) is 55.7 Å². The number of rotatable bonds is 7. The van der Waals surface area contributed by atoms with Crippen molar-refractivity contribution in [2.24, 2.45) is 11.3 Å². The summed E-state index contributed by atoms with van der Waals surface area (Å²) in [5.41, 5.74) is 1.65. The number of amides is 2. The Morgan fingerprint density at radius 3 is 2.94 bits per heavy atom. The highest BCUT2D eigenvalue weighted by atomic mass is 16.5. The van der Waals surface area contributed by atoms with Crippen LogP contribution in [0.15, 0.2) is 24.3 Å². The maximum Gasteiger partial charge on any atom is 0.270 e. The van der Waals surface area contributed by atoms with Crippen LogP contribution in [0.2, 0.25) is 0 Å². The van der Waals surface area contributed by atoms with Crippen LogP contribution in [0.4, 0.5) is 0 Å². The molecule has 8 nitrogen and oxygen atoms in total. The van der Waals surface area contributed by atoms with Crippen LogP contribution in [0.5, 0.6) is 5.75 Å². The number of likely N-dealkylation sites (tertiary alicyclic amines) is 1. The van der Waals surface area contributed by atoms with Gasteiger partial charge in [-0.3, -0.25) is 14.9 Å². The lowest BCUT2D eigenvalue weighted by Crippen LogP contribution is -2.45. The monoisotopic (exact) mass is 449 g/mol. The maximum absolute atomic E-state index is 13.6. The first-order chi connectivity index (χ1) is 16.0. The molecule has 1 aliphatic carbocycles. The van der Waals surface area contributed by atoms with Gasteiger partial charge in [-0.15, -0.1) is 0 Å². The molecule has 1 aromatic carbocycles. The zero-order valence-corrected chi connectivity index (χ0v) is 19.0. The molecule has 3 fully saturated rings. The molecule has 8 heteroatoms. The van der Waals surface area contributed by atoms with E-state index in [4.69, 9.17) is 4.74 Å². The van der Waals surface area contributed by atoms with E-state index in [9.17, 15) is 14.9 Å². The molecule has 2 amide bonds. The molecule has 2 aromatic rings. The second-order valence-electron chi connectivity index (χ2n) is 9.85. The van der Waals surface area contributed by atoms with Gasteiger partial charge in [0.2, 0.25) is 5.91 Å². The number of nitrogens with one attached hydrogen (secondary N) is 3. The Hall–Kier alpha value is -3.05. The highest BCUT2D eigenvalue weighted by molar-refractivity contribution is 6.00. The molecule has 33 heavy (non-hydrogen) atoms. The van der Waals surface area contributed by atoms with Gasteiger partial charge >= 0.3 is 0 Å². The molecule has 3 atom stereocenters. The minimum Gasteiger partial charge on any atom is -0.496 e. The van der Waals surface area contributed by atoms with E-state index >= 15 is 0 Å². The molecule has 1 aromatic heterocycles. The Morgan fingerprint density at radius 2 is 2.27 bits per heavy atom. The molecule has 3 aliphatic rings. The van der Waals surface area contributed by atoms with Crippen LogP contribution in [0, 0.1) is 22.7 Å². The Kier molecular flexibility index (Phi) is 5.75. The van der Waals surface area contributed by atoms with Crippen LogP contribution in [0.3, 0.4) is 0 Å². The van der Waals surface area contributed by atoms with Gasteiger partial charge in [0.15, 0.2) is 0 Å². The Morgan fingerprint density at radius 1 is 1.42 bits per heavy atom. The number of carbonyl (C=O) groups excluding carboxylic acids is 2. The number of methoxy groups -OCH3 is 1. The van der Waals surface area contributed by atoms with E-state index < -0.39 is 6.04 Å². The van der Waals surface area contributed by atoms with E-state index in [2.05, 4.69) is 21.7 Å². The van der Waals surface area contributed by atoms with Gasteiger partial charge in [-0.1, -0.05) is 12.5 Å². The summed E-state index contributed by atoms with van der Waals surface area (Å²) in [7, 11) is 1.63. The van der Waals surface area contributed by atoms with Crippen LogP contribution >= 0.6 is 0 Å². The Balaban J connectivity index is 1.31. The highest BCUT2D eigenvalue weighted by Crippen LogP contribution is 2.50. The van der Waals surface area contributed by atoms with Gasteiger partial charge in [0.05, 0.1) is 19.2 Å². The van der Waals surface area contributed by atoms with Crippen molar-refractivity contribution in [3.63, 3.8) is 0 Å². The van der Waals surface area contributed by atoms with Gasteiger partial charge in [-0.2, -0.15) is 5.26 Å². The molecule has 3 heterocycles. The molecule has 1 saturated carbocycles. The standard InChI is InChI=1S/C25H31N5O3/c1-33-22-5-2-4-20-19(22)11-21(29-20)24(32)30-15-25(7-3-8-25)12-18(30)14-28-17(13-26)10-16-6-9-27-23(16)31/h2,4-5,11,16-18,28-29H,3,6-10,12,14-15H2,1H3,(H,27,31)/t16-,17-,18?/m0/s1. The lowest BCUT2D eigenvalue weighted by molar-refractivity contribution is -0.122. The number of hydrogen-bond acceptors (Lipinski definition) is 5. The average Bonchev–Trinajstić information content (AvgIpc) is 3.52. The zero-order valence-electron chi connectivity index (χ0n) is 19.0. The number of fused-ring (bicyclic) bond motifs is 1. The Labute approximate surface area is 193 Å².